The minimum absolute atomic E-state index is 0.158. The van der Waals surface area contributed by atoms with Gasteiger partial charge >= 0.3 is 6.03 Å². The summed E-state index contributed by atoms with van der Waals surface area (Å²) in [6.45, 7) is 6.01. The second-order valence-electron chi connectivity index (χ2n) is 4.13. The summed E-state index contributed by atoms with van der Waals surface area (Å²) in [5, 5.41) is 8.76. The number of anilines is 1. The Morgan fingerprint density at radius 1 is 1.47 bits per heavy atom. The summed E-state index contributed by atoms with van der Waals surface area (Å²) in [5.41, 5.74) is -0.158. The van der Waals surface area contributed by atoms with Crippen molar-refractivity contribution in [1.82, 2.24) is 10.5 Å². The highest BCUT2D eigenvalue weighted by Crippen LogP contribution is 2.34. The lowest BCUT2D eigenvalue weighted by Crippen LogP contribution is -2.24. The molecule has 0 saturated carbocycles. The number of hydrogen-bond donors (Lipinski definition) is 2. The maximum atomic E-state index is 11.1. The van der Waals surface area contributed by atoms with Crippen molar-refractivity contribution >= 4 is 27.8 Å². The van der Waals surface area contributed by atoms with E-state index in [9.17, 15) is 4.79 Å². The fourth-order valence-electron chi connectivity index (χ4n) is 0.993. The number of nitrogens with zero attached hydrogens (tertiary/aromatic N) is 1. The average molecular weight is 276 g/mol. The van der Waals surface area contributed by atoms with Gasteiger partial charge in [-0.05, 0) is 15.9 Å². The molecule has 2 N–H and O–H groups in total. The van der Waals surface area contributed by atoms with E-state index in [4.69, 9.17) is 4.52 Å². The summed E-state index contributed by atoms with van der Waals surface area (Å²) in [5.74, 6) is 1.09. The Kier molecular flexibility index (Phi) is 3.38. The van der Waals surface area contributed by atoms with E-state index >= 15 is 0 Å². The van der Waals surface area contributed by atoms with E-state index < -0.39 is 0 Å². The Morgan fingerprint density at radius 2 is 2.07 bits per heavy atom. The molecular weight excluding hydrogens is 262 g/mol. The number of nitrogens with one attached hydrogen (secondary N) is 2. The van der Waals surface area contributed by atoms with E-state index in [2.05, 4.69) is 31.7 Å². The fourth-order valence-corrected chi connectivity index (χ4v) is 1.83. The lowest BCUT2D eigenvalue weighted by molar-refractivity contribution is 0.253. The number of carbonyl (C=O) groups excluding carboxylic acids is 1. The van der Waals surface area contributed by atoms with Crippen LogP contribution in [0, 0.1) is 0 Å². The van der Waals surface area contributed by atoms with Crippen molar-refractivity contribution in [3.63, 3.8) is 0 Å². The van der Waals surface area contributed by atoms with Crippen molar-refractivity contribution in [3.8, 4) is 0 Å². The molecule has 1 aromatic rings. The second kappa shape index (κ2) is 4.22. The van der Waals surface area contributed by atoms with Gasteiger partial charge in [-0.1, -0.05) is 25.9 Å². The van der Waals surface area contributed by atoms with Crippen molar-refractivity contribution < 1.29 is 9.32 Å². The van der Waals surface area contributed by atoms with Crippen LogP contribution in [-0.4, -0.2) is 18.2 Å². The smallest absolute Gasteiger partial charge is 0.320 e. The van der Waals surface area contributed by atoms with Crippen molar-refractivity contribution in [2.75, 3.05) is 12.4 Å². The van der Waals surface area contributed by atoms with Crippen LogP contribution in [0.3, 0.4) is 0 Å². The molecule has 0 aromatic carbocycles. The third kappa shape index (κ3) is 2.71. The lowest BCUT2D eigenvalue weighted by Gasteiger charge is -2.13. The molecule has 84 valence electrons. The molecule has 0 atom stereocenters. The van der Waals surface area contributed by atoms with Crippen molar-refractivity contribution in [3.05, 3.63) is 10.2 Å². The summed E-state index contributed by atoms with van der Waals surface area (Å²) in [4.78, 5) is 11.1. The molecule has 0 radical (unpaired) electrons. The number of rotatable bonds is 1. The number of halogens is 1. The predicted molar refractivity (Wildman–Crippen MR) is 61.0 cm³/mol. The first-order chi connectivity index (χ1) is 6.86. The molecule has 0 unspecified atom stereocenters. The zero-order valence-corrected chi connectivity index (χ0v) is 10.7. The average Bonchev–Trinajstić information content (AvgIpc) is 2.47. The largest absolute Gasteiger partial charge is 0.357 e. The van der Waals surface area contributed by atoms with Gasteiger partial charge < -0.3 is 9.84 Å². The van der Waals surface area contributed by atoms with E-state index in [0.29, 0.717) is 16.1 Å². The third-order valence-corrected chi connectivity index (χ3v) is 2.51. The maximum Gasteiger partial charge on any atom is 0.320 e. The fraction of sp³-hybridized carbons (Fsp3) is 0.556. The molecule has 5 nitrogen and oxygen atoms in total. The number of urea groups is 1. The Hall–Kier alpha value is -1.04. The van der Waals surface area contributed by atoms with Gasteiger partial charge in [-0.25, -0.2) is 4.79 Å². The highest BCUT2D eigenvalue weighted by molar-refractivity contribution is 9.10. The van der Waals surface area contributed by atoms with Crippen molar-refractivity contribution in [1.29, 1.82) is 0 Å². The summed E-state index contributed by atoms with van der Waals surface area (Å²) < 4.78 is 5.85. The molecule has 0 aliphatic carbocycles. The van der Waals surface area contributed by atoms with Gasteiger partial charge in [0, 0.05) is 12.5 Å². The molecule has 6 heteroatoms. The molecule has 1 aromatic heterocycles. The molecular formula is C9H14BrN3O2. The molecule has 1 heterocycles. The van der Waals surface area contributed by atoms with Crippen LogP contribution in [0.15, 0.2) is 9.00 Å². The number of amides is 2. The molecule has 0 saturated heterocycles. The van der Waals surface area contributed by atoms with Crippen LogP contribution in [0.1, 0.15) is 26.5 Å². The molecule has 15 heavy (non-hydrogen) atoms. The molecule has 0 fully saturated rings. The van der Waals surface area contributed by atoms with Crippen molar-refractivity contribution in [2.45, 2.75) is 26.2 Å². The van der Waals surface area contributed by atoms with Gasteiger partial charge in [0.25, 0.3) is 0 Å². The Bertz CT molecular complexity index is 368. The van der Waals surface area contributed by atoms with Crippen LogP contribution in [0.2, 0.25) is 0 Å². The summed E-state index contributed by atoms with van der Waals surface area (Å²) in [7, 11) is 1.54. The second-order valence-corrected chi connectivity index (χ2v) is 4.92. The topological polar surface area (TPSA) is 67.2 Å². The summed E-state index contributed by atoms with van der Waals surface area (Å²) in [6, 6.07) is -0.329. The van der Waals surface area contributed by atoms with Gasteiger partial charge in [0.2, 0.25) is 0 Å². The van der Waals surface area contributed by atoms with Crippen molar-refractivity contribution in [2.24, 2.45) is 0 Å². The quantitative estimate of drug-likeness (QED) is 0.828. The molecule has 1 rings (SSSR count). The van der Waals surface area contributed by atoms with Crippen LogP contribution < -0.4 is 10.6 Å². The molecule has 0 spiro atoms. The summed E-state index contributed by atoms with van der Waals surface area (Å²) >= 11 is 3.35. The number of carbonyl (C=O) groups is 1. The molecule has 0 bridgehead atoms. The Morgan fingerprint density at radius 3 is 2.47 bits per heavy atom. The number of hydrogen-bond acceptors (Lipinski definition) is 3. The maximum absolute atomic E-state index is 11.1. The van der Waals surface area contributed by atoms with Crippen LogP contribution in [0.5, 0.6) is 0 Å². The van der Waals surface area contributed by atoms with Crippen LogP contribution >= 0.6 is 15.9 Å². The lowest BCUT2D eigenvalue weighted by atomic mass is 9.93. The van der Waals surface area contributed by atoms with Gasteiger partial charge in [0.1, 0.15) is 4.47 Å². The minimum Gasteiger partial charge on any atom is -0.357 e. The zero-order chi connectivity index (χ0) is 11.6. The predicted octanol–water partition coefficient (Wildman–Crippen LogP) is 2.49. The van der Waals surface area contributed by atoms with Gasteiger partial charge in [0.15, 0.2) is 11.6 Å². The van der Waals surface area contributed by atoms with E-state index in [1.807, 2.05) is 20.8 Å². The first-order valence-corrected chi connectivity index (χ1v) is 5.30. The van der Waals surface area contributed by atoms with Gasteiger partial charge in [-0.2, -0.15) is 0 Å². The van der Waals surface area contributed by atoms with E-state index in [-0.39, 0.29) is 11.4 Å². The summed E-state index contributed by atoms with van der Waals surface area (Å²) in [6.07, 6.45) is 0. The normalized spacial score (nSPS) is 11.3. The minimum atomic E-state index is -0.329. The standard InChI is InChI=1S/C9H14BrN3O2/c1-9(2,3)6-5(10)7(13-15-6)12-8(14)11-4/h1-4H3,(H2,11,12,13,14). The molecule has 0 aliphatic heterocycles. The van der Waals surface area contributed by atoms with Gasteiger partial charge in [-0.3, -0.25) is 5.32 Å². The van der Waals surface area contributed by atoms with Gasteiger partial charge in [-0.15, -0.1) is 0 Å². The Balaban J connectivity index is 2.95. The highest BCUT2D eigenvalue weighted by Gasteiger charge is 2.25. The van der Waals surface area contributed by atoms with E-state index in [1.54, 1.807) is 0 Å². The van der Waals surface area contributed by atoms with Crippen LogP contribution in [0.4, 0.5) is 10.6 Å². The number of aromatic nitrogens is 1. The zero-order valence-electron chi connectivity index (χ0n) is 9.14. The highest BCUT2D eigenvalue weighted by atomic mass is 79.9. The SMILES string of the molecule is CNC(=O)Nc1noc(C(C)(C)C)c1Br. The van der Waals surface area contributed by atoms with Gasteiger partial charge in [0.05, 0.1) is 0 Å². The Labute approximate surface area is 96.7 Å². The van der Waals surface area contributed by atoms with Crippen LogP contribution in [0.25, 0.3) is 0 Å². The van der Waals surface area contributed by atoms with E-state index in [1.165, 1.54) is 7.05 Å². The first kappa shape index (κ1) is 12.0. The van der Waals surface area contributed by atoms with E-state index in [0.717, 1.165) is 0 Å². The monoisotopic (exact) mass is 275 g/mol. The van der Waals surface area contributed by atoms with Crippen LogP contribution in [-0.2, 0) is 5.41 Å². The first-order valence-electron chi connectivity index (χ1n) is 4.50. The molecule has 0 aliphatic rings. The molecule has 2 amide bonds. The third-order valence-electron chi connectivity index (χ3n) is 1.78.